The van der Waals surface area contributed by atoms with Crippen LogP contribution in [0.5, 0.6) is 0 Å². The number of nitrogens with zero attached hydrogens (tertiary/aromatic N) is 3. The van der Waals surface area contributed by atoms with Gasteiger partial charge in [0.15, 0.2) is 0 Å². The predicted molar refractivity (Wildman–Crippen MR) is 133 cm³/mol. The van der Waals surface area contributed by atoms with E-state index >= 15 is 0 Å². The SMILES string of the molecule is O=C(Nc1cc(-c2ccccc2)ccc1[N+](=O)[O-])c1cnc2cc(N3CCNCC3)ccc2c1. The van der Waals surface area contributed by atoms with Crippen molar-refractivity contribution >= 4 is 33.9 Å². The molecule has 34 heavy (non-hydrogen) atoms. The Bertz CT molecular complexity index is 1370. The van der Waals surface area contributed by atoms with Gasteiger partial charge in [-0.05, 0) is 41.5 Å². The Morgan fingerprint density at radius 2 is 1.76 bits per heavy atom. The number of carbonyl (C=O) groups is 1. The maximum absolute atomic E-state index is 13.0. The van der Waals surface area contributed by atoms with Gasteiger partial charge in [0, 0.05) is 49.5 Å². The second kappa shape index (κ2) is 9.29. The van der Waals surface area contributed by atoms with Crippen molar-refractivity contribution < 1.29 is 9.72 Å². The van der Waals surface area contributed by atoms with Crippen molar-refractivity contribution in [3.63, 3.8) is 0 Å². The molecule has 1 aliphatic rings. The lowest BCUT2D eigenvalue weighted by Crippen LogP contribution is -2.43. The number of nitro groups is 1. The number of benzene rings is 3. The van der Waals surface area contributed by atoms with Gasteiger partial charge in [-0.1, -0.05) is 36.4 Å². The van der Waals surface area contributed by atoms with Crippen LogP contribution in [-0.4, -0.2) is 42.0 Å². The van der Waals surface area contributed by atoms with E-state index in [0.717, 1.165) is 53.9 Å². The zero-order valence-corrected chi connectivity index (χ0v) is 18.4. The fourth-order valence-electron chi connectivity index (χ4n) is 4.15. The number of amides is 1. The lowest BCUT2D eigenvalue weighted by molar-refractivity contribution is -0.383. The highest BCUT2D eigenvalue weighted by molar-refractivity contribution is 6.07. The first-order chi connectivity index (χ1) is 16.6. The molecule has 0 unspecified atom stereocenters. The van der Waals surface area contributed by atoms with E-state index in [9.17, 15) is 14.9 Å². The van der Waals surface area contributed by atoms with Crippen LogP contribution >= 0.6 is 0 Å². The van der Waals surface area contributed by atoms with Gasteiger partial charge in [0.25, 0.3) is 11.6 Å². The third kappa shape index (κ3) is 4.44. The largest absolute Gasteiger partial charge is 0.369 e. The van der Waals surface area contributed by atoms with Crippen LogP contribution in [0.1, 0.15) is 10.4 Å². The van der Waals surface area contributed by atoms with Crippen LogP contribution in [-0.2, 0) is 0 Å². The average Bonchev–Trinajstić information content (AvgIpc) is 2.89. The number of carbonyl (C=O) groups excluding carboxylic acids is 1. The summed E-state index contributed by atoms with van der Waals surface area (Å²) in [5, 5.41) is 18.4. The van der Waals surface area contributed by atoms with Crippen molar-refractivity contribution in [1.29, 1.82) is 0 Å². The summed E-state index contributed by atoms with van der Waals surface area (Å²) in [5.41, 5.74) is 3.89. The van der Waals surface area contributed by atoms with Crippen molar-refractivity contribution in [3.05, 3.63) is 94.7 Å². The molecule has 3 aromatic carbocycles. The van der Waals surface area contributed by atoms with Crippen LogP contribution in [0.15, 0.2) is 79.0 Å². The van der Waals surface area contributed by atoms with E-state index in [1.807, 2.05) is 48.5 Å². The molecule has 0 radical (unpaired) electrons. The molecule has 1 fully saturated rings. The molecule has 1 aromatic heterocycles. The average molecular weight is 454 g/mol. The number of anilines is 2. The number of fused-ring (bicyclic) bond motifs is 1. The van der Waals surface area contributed by atoms with Gasteiger partial charge in [-0.25, -0.2) is 0 Å². The van der Waals surface area contributed by atoms with E-state index in [1.54, 1.807) is 18.2 Å². The summed E-state index contributed by atoms with van der Waals surface area (Å²) in [6.07, 6.45) is 1.51. The molecule has 8 heteroatoms. The molecule has 5 rings (SSSR count). The minimum absolute atomic E-state index is 0.144. The van der Waals surface area contributed by atoms with E-state index in [0.29, 0.717) is 5.56 Å². The minimum Gasteiger partial charge on any atom is -0.369 e. The Labute approximate surface area is 196 Å². The molecule has 4 aromatic rings. The molecule has 0 atom stereocenters. The summed E-state index contributed by atoms with van der Waals surface area (Å²) in [6.45, 7) is 3.77. The maximum Gasteiger partial charge on any atom is 0.292 e. The fourth-order valence-corrected chi connectivity index (χ4v) is 4.15. The number of hydrogen-bond donors (Lipinski definition) is 2. The Morgan fingerprint density at radius 1 is 0.971 bits per heavy atom. The molecule has 2 N–H and O–H groups in total. The Morgan fingerprint density at radius 3 is 2.53 bits per heavy atom. The molecular weight excluding hydrogens is 430 g/mol. The monoisotopic (exact) mass is 453 g/mol. The maximum atomic E-state index is 13.0. The summed E-state index contributed by atoms with van der Waals surface area (Å²) in [6, 6.07) is 22.0. The van der Waals surface area contributed by atoms with E-state index in [4.69, 9.17) is 0 Å². The lowest BCUT2D eigenvalue weighted by atomic mass is 10.0. The number of rotatable bonds is 5. The molecule has 0 spiro atoms. The molecule has 1 saturated heterocycles. The summed E-state index contributed by atoms with van der Waals surface area (Å²) < 4.78 is 0. The topological polar surface area (TPSA) is 100 Å². The van der Waals surface area contributed by atoms with E-state index in [2.05, 4.69) is 20.5 Å². The summed E-state index contributed by atoms with van der Waals surface area (Å²) >= 11 is 0. The van der Waals surface area contributed by atoms with Crippen LogP contribution in [0.2, 0.25) is 0 Å². The van der Waals surface area contributed by atoms with Crippen molar-refractivity contribution in [3.8, 4) is 11.1 Å². The van der Waals surface area contributed by atoms with Crippen molar-refractivity contribution in [2.24, 2.45) is 0 Å². The number of nitrogens with one attached hydrogen (secondary N) is 2. The summed E-state index contributed by atoms with van der Waals surface area (Å²) in [7, 11) is 0. The fraction of sp³-hybridized carbons (Fsp3) is 0.154. The van der Waals surface area contributed by atoms with Crippen molar-refractivity contribution in [1.82, 2.24) is 10.3 Å². The van der Waals surface area contributed by atoms with E-state index < -0.39 is 10.8 Å². The minimum atomic E-state index is -0.499. The van der Waals surface area contributed by atoms with Gasteiger partial charge in [-0.15, -0.1) is 0 Å². The van der Waals surface area contributed by atoms with Crippen molar-refractivity contribution in [2.75, 3.05) is 36.4 Å². The second-order valence-corrected chi connectivity index (χ2v) is 8.15. The van der Waals surface area contributed by atoms with Gasteiger partial charge >= 0.3 is 0 Å². The first kappa shape index (κ1) is 21.5. The molecular formula is C26H23N5O3. The van der Waals surface area contributed by atoms with Gasteiger partial charge in [0.2, 0.25) is 0 Å². The van der Waals surface area contributed by atoms with Crippen molar-refractivity contribution in [2.45, 2.75) is 0 Å². The molecule has 0 bridgehead atoms. The van der Waals surface area contributed by atoms with E-state index in [1.165, 1.54) is 12.3 Å². The standard InChI is InChI=1S/C26H23N5O3/c32-26(29-24-15-19(7-9-25(24)31(33)34)18-4-2-1-3-5-18)21-14-20-6-8-22(16-23(20)28-17-21)30-12-10-27-11-13-30/h1-9,14-17,27H,10-13H2,(H,29,32). The molecule has 1 amide bonds. The highest BCUT2D eigenvalue weighted by Gasteiger charge is 2.19. The number of pyridine rings is 1. The lowest BCUT2D eigenvalue weighted by Gasteiger charge is -2.29. The van der Waals surface area contributed by atoms with Crippen LogP contribution < -0.4 is 15.5 Å². The molecule has 8 nitrogen and oxygen atoms in total. The molecule has 2 heterocycles. The molecule has 170 valence electrons. The van der Waals surface area contributed by atoms with Crippen LogP contribution in [0, 0.1) is 10.1 Å². The van der Waals surface area contributed by atoms with Gasteiger partial charge in [0.1, 0.15) is 5.69 Å². The normalized spacial score (nSPS) is 13.6. The van der Waals surface area contributed by atoms with E-state index in [-0.39, 0.29) is 11.4 Å². The number of piperazine rings is 1. The van der Waals surface area contributed by atoms with Crippen LogP contribution in [0.4, 0.5) is 17.1 Å². The Kier molecular flexibility index (Phi) is 5.88. The van der Waals surface area contributed by atoms with Crippen LogP contribution in [0.3, 0.4) is 0 Å². The summed E-state index contributed by atoms with van der Waals surface area (Å²) in [5.74, 6) is -0.450. The number of nitro benzene ring substituents is 1. The first-order valence-corrected chi connectivity index (χ1v) is 11.1. The zero-order chi connectivity index (χ0) is 23.5. The second-order valence-electron chi connectivity index (χ2n) is 8.15. The van der Waals surface area contributed by atoms with Gasteiger partial charge < -0.3 is 15.5 Å². The molecule has 0 saturated carbocycles. The smallest absolute Gasteiger partial charge is 0.292 e. The number of aromatic nitrogens is 1. The Balaban J connectivity index is 1.42. The summed E-state index contributed by atoms with van der Waals surface area (Å²) in [4.78, 5) is 30.9. The third-order valence-corrected chi connectivity index (χ3v) is 5.96. The highest BCUT2D eigenvalue weighted by Crippen LogP contribution is 2.31. The first-order valence-electron chi connectivity index (χ1n) is 11.1. The quantitative estimate of drug-likeness (QED) is 0.342. The van der Waals surface area contributed by atoms with Gasteiger partial charge in [-0.2, -0.15) is 0 Å². The molecule has 0 aliphatic carbocycles. The Hall–Kier alpha value is -4.30. The third-order valence-electron chi connectivity index (χ3n) is 5.96. The van der Waals surface area contributed by atoms with Gasteiger partial charge in [-0.3, -0.25) is 19.9 Å². The highest BCUT2D eigenvalue weighted by atomic mass is 16.6. The number of hydrogen-bond acceptors (Lipinski definition) is 6. The zero-order valence-electron chi connectivity index (χ0n) is 18.4. The van der Waals surface area contributed by atoms with Gasteiger partial charge in [0.05, 0.1) is 16.0 Å². The predicted octanol–water partition coefficient (Wildman–Crippen LogP) is 4.47. The molecule has 1 aliphatic heterocycles. The van der Waals surface area contributed by atoms with Crippen LogP contribution in [0.25, 0.3) is 22.0 Å².